The van der Waals surface area contributed by atoms with Gasteiger partial charge in [-0.05, 0) is 25.0 Å². The van der Waals surface area contributed by atoms with Gasteiger partial charge in [0, 0.05) is 36.8 Å². The Morgan fingerprint density at radius 2 is 2.10 bits per heavy atom. The van der Waals surface area contributed by atoms with Gasteiger partial charge in [-0.3, -0.25) is 0 Å². The molecule has 0 aliphatic heterocycles. The lowest BCUT2D eigenvalue weighted by molar-refractivity contribution is 0.242. The monoisotopic (exact) mass is 336 g/mol. The summed E-state index contributed by atoms with van der Waals surface area (Å²) in [6.07, 6.45) is 1.57. The van der Waals surface area contributed by atoms with Crippen molar-refractivity contribution in [3.05, 3.63) is 34.6 Å². The van der Waals surface area contributed by atoms with E-state index in [2.05, 4.69) is 0 Å². The van der Waals surface area contributed by atoms with Crippen molar-refractivity contribution in [3.8, 4) is 0 Å². The van der Waals surface area contributed by atoms with Crippen LogP contribution < -0.4 is 0 Å². The van der Waals surface area contributed by atoms with E-state index in [1.165, 1.54) is 29.6 Å². The average Bonchev–Trinajstić information content (AvgIpc) is 3.24. The molecule has 0 aromatic heterocycles. The first-order chi connectivity index (χ1) is 9.87. The van der Waals surface area contributed by atoms with Crippen LogP contribution in [0.4, 0.5) is 4.39 Å². The lowest BCUT2D eigenvalue weighted by Crippen LogP contribution is -2.44. The topological polar surface area (TPSA) is 60.9 Å². The molecule has 0 radical (unpaired) electrons. The zero-order valence-corrected chi connectivity index (χ0v) is 13.2. The molecule has 1 aromatic rings. The van der Waals surface area contributed by atoms with Crippen molar-refractivity contribution in [2.24, 2.45) is 0 Å². The summed E-state index contributed by atoms with van der Waals surface area (Å²) in [5, 5.41) is 9.22. The maximum atomic E-state index is 13.8. The highest BCUT2D eigenvalue weighted by Crippen LogP contribution is 2.31. The van der Waals surface area contributed by atoms with Crippen molar-refractivity contribution in [3.63, 3.8) is 0 Å². The molecule has 5 nitrogen and oxygen atoms in total. The van der Waals surface area contributed by atoms with E-state index in [9.17, 15) is 12.8 Å². The first-order valence-electron chi connectivity index (χ1n) is 6.64. The molecule has 8 heteroatoms. The molecular weight excluding hydrogens is 319 g/mol. The van der Waals surface area contributed by atoms with Crippen LogP contribution in [-0.2, 0) is 16.8 Å². The van der Waals surface area contributed by atoms with E-state index in [1.54, 1.807) is 0 Å². The summed E-state index contributed by atoms with van der Waals surface area (Å²) in [6, 6.07) is 4.17. The number of halogens is 2. The van der Waals surface area contributed by atoms with E-state index >= 15 is 0 Å². The van der Waals surface area contributed by atoms with Gasteiger partial charge in [0.05, 0.1) is 6.61 Å². The fourth-order valence-electron chi connectivity index (χ4n) is 2.11. The Balaban J connectivity index is 2.20. The van der Waals surface area contributed by atoms with Crippen molar-refractivity contribution in [1.29, 1.82) is 0 Å². The van der Waals surface area contributed by atoms with Crippen LogP contribution in [0.2, 0.25) is 5.02 Å². The first-order valence-corrected chi connectivity index (χ1v) is 8.42. The summed E-state index contributed by atoms with van der Waals surface area (Å²) >= 11 is 5.92. The van der Waals surface area contributed by atoms with Crippen molar-refractivity contribution < 1.29 is 17.9 Å². The molecule has 1 saturated carbocycles. The highest BCUT2D eigenvalue weighted by molar-refractivity contribution is 7.86. The van der Waals surface area contributed by atoms with Crippen LogP contribution in [0.1, 0.15) is 18.4 Å². The van der Waals surface area contributed by atoms with Crippen LogP contribution in [0.3, 0.4) is 0 Å². The maximum Gasteiger partial charge on any atom is 0.282 e. The zero-order chi connectivity index (χ0) is 15.6. The zero-order valence-electron chi connectivity index (χ0n) is 11.7. The van der Waals surface area contributed by atoms with E-state index in [0.717, 1.165) is 17.1 Å². The van der Waals surface area contributed by atoms with Gasteiger partial charge in [-0.25, -0.2) is 4.39 Å². The second-order valence-electron chi connectivity index (χ2n) is 5.03. The minimum Gasteiger partial charge on any atom is -0.395 e. The molecule has 0 unspecified atom stereocenters. The van der Waals surface area contributed by atoms with Crippen LogP contribution in [0.5, 0.6) is 0 Å². The average molecular weight is 337 g/mol. The molecule has 1 N–H and O–H groups in total. The first kappa shape index (κ1) is 16.6. The summed E-state index contributed by atoms with van der Waals surface area (Å²) in [6.45, 7) is -0.352. The highest BCUT2D eigenvalue weighted by atomic mass is 35.5. The van der Waals surface area contributed by atoms with Gasteiger partial charge >= 0.3 is 0 Å². The van der Waals surface area contributed by atoms with Crippen molar-refractivity contribution >= 4 is 21.8 Å². The molecule has 1 aromatic carbocycles. The van der Waals surface area contributed by atoms with Gasteiger partial charge in [-0.2, -0.15) is 17.0 Å². The normalized spacial score (nSPS) is 15.9. The van der Waals surface area contributed by atoms with Crippen molar-refractivity contribution in [1.82, 2.24) is 8.61 Å². The molecule has 1 aliphatic rings. The Bertz CT molecular complexity index is 587. The lowest BCUT2D eigenvalue weighted by Gasteiger charge is -2.27. The SMILES string of the molecule is CN(Cc1c(F)cccc1Cl)S(=O)(=O)N(CCO)C1CC1. The summed E-state index contributed by atoms with van der Waals surface area (Å²) in [5.74, 6) is -0.537. The number of hydrogen-bond acceptors (Lipinski definition) is 3. The molecule has 1 fully saturated rings. The number of hydrogen-bond donors (Lipinski definition) is 1. The van der Waals surface area contributed by atoms with Gasteiger partial charge in [0.2, 0.25) is 0 Å². The number of nitrogens with zero attached hydrogens (tertiary/aromatic N) is 2. The minimum atomic E-state index is -3.75. The molecule has 0 saturated heterocycles. The van der Waals surface area contributed by atoms with E-state index < -0.39 is 16.0 Å². The third kappa shape index (κ3) is 3.73. The summed E-state index contributed by atoms with van der Waals surface area (Å²) < 4.78 is 41.1. The predicted molar refractivity (Wildman–Crippen MR) is 78.6 cm³/mol. The summed E-state index contributed by atoms with van der Waals surface area (Å²) in [5.41, 5.74) is 0.144. The van der Waals surface area contributed by atoms with Gasteiger partial charge < -0.3 is 5.11 Å². The molecule has 118 valence electrons. The van der Waals surface area contributed by atoms with Gasteiger partial charge in [-0.15, -0.1) is 0 Å². The van der Waals surface area contributed by atoms with Crippen LogP contribution in [0.15, 0.2) is 18.2 Å². The van der Waals surface area contributed by atoms with Gasteiger partial charge in [0.15, 0.2) is 0 Å². The van der Waals surface area contributed by atoms with E-state index in [4.69, 9.17) is 16.7 Å². The molecule has 0 atom stereocenters. The Morgan fingerprint density at radius 3 is 2.62 bits per heavy atom. The van der Waals surface area contributed by atoms with Crippen molar-refractivity contribution in [2.45, 2.75) is 25.4 Å². The second-order valence-corrected chi connectivity index (χ2v) is 7.42. The summed E-state index contributed by atoms with van der Waals surface area (Å²) in [7, 11) is -2.37. The minimum absolute atomic E-state index is 0.0440. The fourth-order valence-corrected chi connectivity index (χ4v) is 3.89. The number of benzene rings is 1. The molecule has 0 heterocycles. The standard InChI is InChI=1S/C13H18ClFN2O3S/c1-16(9-11-12(14)3-2-4-13(11)15)21(19,20)17(7-8-18)10-5-6-10/h2-4,10,18H,5-9H2,1H3. The summed E-state index contributed by atoms with van der Waals surface area (Å²) in [4.78, 5) is 0. The number of aliphatic hydroxyl groups excluding tert-OH is 1. The molecule has 21 heavy (non-hydrogen) atoms. The maximum absolute atomic E-state index is 13.8. The third-order valence-corrected chi connectivity index (χ3v) is 5.75. The highest BCUT2D eigenvalue weighted by Gasteiger charge is 2.39. The molecule has 0 bridgehead atoms. The van der Waals surface area contributed by atoms with E-state index in [-0.39, 0.29) is 36.3 Å². The third-order valence-electron chi connectivity index (χ3n) is 3.41. The quantitative estimate of drug-likeness (QED) is 0.823. The van der Waals surface area contributed by atoms with Crippen LogP contribution in [-0.4, -0.2) is 48.4 Å². The molecule has 1 aliphatic carbocycles. The van der Waals surface area contributed by atoms with Gasteiger partial charge in [0.25, 0.3) is 10.2 Å². The number of rotatable bonds is 7. The fraction of sp³-hybridized carbons (Fsp3) is 0.538. The largest absolute Gasteiger partial charge is 0.395 e. The Labute approximate surface area is 129 Å². The molecule has 0 amide bonds. The predicted octanol–water partition coefficient (Wildman–Crippen LogP) is 1.61. The van der Waals surface area contributed by atoms with E-state index in [0.29, 0.717) is 0 Å². The molecular formula is C13H18ClFN2O3S. The van der Waals surface area contributed by atoms with E-state index in [1.807, 2.05) is 0 Å². The second kappa shape index (κ2) is 6.58. The Kier molecular flexibility index (Phi) is 5.21. The Hall–Kier alpha value is -0.730. The smallest absolute Gasteiger partial charge is 0.282 e. The number of aliphatic hydroxyl groups is 1. The van der Waals surface area contributed by atoms with Crippen LogP contribution in [0, 0.1) is 5.82 Å². The van der Waals surface area contributed by atoms with Crippen molar-refractivity contribution in [2.75, 3.05) is 20.2 Å². The van der Waals surface area contributed by atoms with Crippen LogP contribution in [0.25, 0.3) is 0 Å². The molecule has 2 rings (SSSR count). The molecule has 0 spiro atoms. The van der Waals surface area contributed by atoms with Gasteiger partial charge in [0.1, 0.15) is 5.82 Å². The Morgan fingerprint density at radius 1 is 1.43 bits per heavy atom. The van der Waals surface area contributed by atoms with Crippen LogP contribution >= 0.6 is 11.6 Å². The van der Waals surface area contributed by atoms with Gasteiger partial charge in [-0.1, -0.05) is 17.7 Å². The lowest BCUT2D eigenvalue weighted by atomic mass is 10.2.